The molecule has 6 nitrogen and oxygen atoms in total. The molecule has 3 aliphatic heterocycles. The van der Waals surface area contributed by atoms with Crippen LogP contribution in [0.2, 0.25) is 5.02 Å². The van der Waals surface area contributed by atoms with E-state index < -0.39 is 12.0 Å². The van der Waals surface area contributed by atoms with Crippen LogP contribution in [0.15, 0.2) is 48.5 Å². The Bertz CT molecular complexity index is 1550. The second kappa shape index (κ2) is 10.7. The van der Waals surface area contributed by atoms with Gasteiger partial charge in [0.25, 0.3) is 0 Å². The Balaban J connectivity index is 1.31. The molecule has 2 bridgehead atoms. The van der Waals surface area contributed by atoms with E-state index in [0.29, 0.717) is 46.0 Å². The van der Waals surface area contributed by atoms with Crippen LogP contribution in [0.3, 0.4) is 0 Å². The normalized spacial score (nSPS) is 21.9. The topological polar surface area (TPSA) is 53.5 Å². The van der Waals surface area contributed by atoms with Gasteiger partial charge in [-0.3, -0.25) is 0 Å². The van der Waals surface area contributed by atoms with Gasteiger partial charge in [0, 0.05) is 42.7 Å². The van der Waals surface area contributed by atoms with E-state index in [1.165, 1.54) is 0 Å². The summed E-state index contributed by atoms with van der Waals surface area (Å²) in [5, 5.41) is 6.35. The number of piperazine rings is 1. The molecule has 3 fully saturated rings. The first-order chi connectivity index (χ1) is 19.5. The van der Waals surface area contributed by atoms with Crippen molar-refractivity contribution in [2.24, 2.45) is 0 Å². The number of hydrogen-bond donors (Lipinski definition) is 1. The standard InChI is InChI=1S/C31H32ClF2N5O/c32-26-14-25-29(28(34)27(26)24-9-5-7-19-6-1-2-8-23(19)24)36-31(40-18-20(33)15-38-12-3-4-13-38)37-30(25)39-16-21-10-11-22(17-39)35-21/h1-2,5-9,14,20-22,35H,3-4,10-13,15-18H2. The maximum absolute atomic E-state index is 16.6. The fraction of sp³-hybridized carbons (Fsp3) is 0.419. The van der Waals surface area contributed by atoms with Crippen molar-refractivity contribution in [2.45, 2.75) is 43.9 Å². The molecule has 3 atom stereocenters. The van der Waals surface area contributed by atoms with E-state index in [0.717, 1.165) is 62.6 Å². The van der Waals surface area contributed by atoms with Gasteiger partial charge in [-0.2, -0.15) is 9.97 Å². The fourth-order valence-electron chi connectivity index (χ4n) is 6.59. The molecule has 40 heavy (non-hydrogen) atoms. The quantitative estimate of drug-likeness (QED) is 0.298. The van der Waals surface area contributed by atoms with Crippen molar-refractivity contribution in [3.63, 3.8) is 0 Å². The Morgan fingerprint density at radius 1 is 1.00 bits per heavy atom. The first-order valence-corrected chi connectivity index (χ1v) is 14.6. The number of nitrogens with zero attached hydrogens (tertiary/aromatic N) is 4. The van der Waals surface area contributed by atoms with E-state index in [1.54, 1.807) is 6.07 Å². The Hall–Kier alpha value is -3.07. The van der Waals surface area contributed by atoms with Gasteiger partial charge in [-0.1, -0.05) is 54.1 Å². The minimum absolute atomic E-state index is 0.0115. The molecule has 0 aliphatic carbocycles. The lowest BCUT2D eigenvalue weighted by Gasteiger charge is -2.34. The molecular formula is C31H32ClF2N5O. The molecule has 9 heteroatoms. The highest BCUT2D eigenvalue weighted by molar-refractivity contribution is 6.35. The number of rotatable bonds is 7. The van der Waals surface area contributed by atoms with Gasteiger partial charge in [-0.25, -0.2) is 8.78 Å². The van der Waals surface area contributed by atoms with Crippen molar-refractivity contribution < 1.29 is 13.5 Å². The first-order valence-electron chi connectivity index (χ1n) is 14.2. The molecule has 4 aromatic rings. The summed E-state index contributed by atoms with van der Waals surface area (Å²) in [7, 11) is 0. The summed E-state index contributed by atoms with van der Waals surface area (Å²) >= 11 is 6.84. The zero-order valence-electron chi connectivity index (χ0n) is 22.3. The minimum atomic E-state index is -1.18. The number of aromatic nitrogens is 2. The number of anilines is 1. The third kappa shape index (κ3) is 4.86. The van der Waals surface area contributed by atoms with Crippen molar-refractivity contribution >= 4 is 39.1 Å². The van der Waals surface area contributed by atoms with Crippen molar-refractivity contribution in [1.29, 1.82) is 0 Å². The Morgan fingerprint density at radius 2 is 1.75 bits per heavy atom. The minimum Gasteiger partial charge on any atom is -0.460 e. The Morgan fingerprint density at radius 3 is 2.55 bits per heavy atom. The monoisotopic (exact) mass is 563 g/mol. The molecular weight excluding hydrogens is 532 g/mol. The molecule has 3 unspecified atom stereocenters. The molecule has 208 valence electrons. The summed E-state index contributed by atoms with van der Waals surface area (Å²) in [5.41, 5.74) is 1.12. The zero-order chi connectivity index (χ0) is 27.2. The molecule has 1 N–H and O–H groups in total. The number of likely N-dealkylation sites (tertiary alicyclic amines) is 1. The van der Waals surface area contributed by atoms with Crippen LogP contribution < -0.4 is 15.0 Å². The molecule has 4 heterocycles. The van der Waals surface area contributed by atoms with E-state index in [-0.39, 0.29) is 18.1 Å². The van der Waals surface area contributed by atoms with Gasteiger partial charge in [0.2, 0.25) is 0 Å². The van der Waals surface area contributed by atoms with E-state index in [2.05, 4.69) is 20.1 Å². The zero-order valence-corrected chi connectivity index (χ0v) is 23.0. The van der Waals surface area contributed by atoms with Crippen LogP contribution in [0.1, 0.15) is 25.7 Å². The van der Waals surface area contributed by atoms with Crippen LogP contribution in [0.25, 0.3) is 32.8 Å². The number of halogens is 3. The molecule has 0 spiro atoms. The van der Waals surface area contributed by atoms with E-state index >= 15 is 4.39 Å². The molecule has 0 amide bonds. The average molecular weight is 564 g/mol. The van der Waals surface area contributed by atoms with Crippen LogP contribution in [-0.2, 0) is 0 Å². The second-order valence-corrected chi connectivity index (χ2v) is 11.7. The highest BCUT2D eigenvalue weighted by Crippen LogP contribution is 2.41. The van der Waals surface area contributed by atoms with Gasteiger partial charge < -0.3 is 19.9 Å². The predicted molar refractivity (Wildman–Crippen MR) is 156 cm³/mol. The number of hydrogen-bond acceptors (Lipinski definition) is 6. The van der Waals surface area contributed by atoms with Crippen molar-refractivity contribution in [1.82, 2.24) is 20.2 Å². The third-order valence-electron chi connectivity index (χ3n) is 8.47. The fourth-order valence-corrected chi connectivity index (χ4v) is 6.88. The van der Waals surface area contributed by atoms with Crippen LogP contribution in [0.4, 0.5) is 14.6 Å². The lowest BCUT2D eigenvalue weighted by atomic mass is 9.96. The second-order valence-electron chi connectivity index (χ2n) is 11.3. The van der Waals surface area contributed by atoms with Crippen LogP contribution >= 0.6 is 11.6 Å². The van der Waals surface area contributed by atoms with Crippen LogP contribution in [0.5, 0.6) is 6.01 Å². The molecule has 0 radical (unpaired) electrons. The van der Waals surface area contributed by atoms with Gasteiger partial charge in [-0.05, 0) is 61.2 Å². The number of fused-ring (bicyclic) bond motifs is 4. The van der Waals surface area contributed by atoms with Gasteiger partial charge in [0.15, 0.2) is 5.82 Å². The molecule has 3 aromatic carbocycles. The molecule has 7 rings (SSSR count). The average Bonchev–Trinajstić information content (AvgIpc) is 3.60. The van der Waals surface area contributed by atoms with E-state index in [4.69, 9.17) is 21.3 Å². The van der Waals surface area contributed by atoms with Gasteiger partial charge >= 0.3 is 6.01 Å². The maximum atomic E-state index is 16.6. The van der Waals surface area contributed by atoms with E-state index in [1.807, 2.05) is 42.5 Å². The summed E-state index contributed by atoms with van der Waals surface area (Å²) in [4.78, 5) is 13.5. The number of nitrogens with one attached hydrogen (secondary N) is 1. The third-order valence-corrected chi connectivity index (χ3v) is 8.76. The SMILES string of the molecule is Fc1c(-c2cccc3ccccc23)c(Cl)cc2c(N3CC4CCC(C3)N4)nc(OCC(F)CN3CCCC3)nc12. The summed E-state index contributed by atoms with van der Waals surface area (Å²) in [6.45, 7) is 3.44. The Kier molecular flexibility index (Phi) is 6.94. The van der Waals surface area contributed by atoms with Gasteiger partial charge in [0.1, 0.15) is 24.1 Å². The van der Waals surface area contributed by atoms with Crippen molar-refractivity contribution in [2.75, 3.05) is 44.2 Å². The molecule has 3 saturated heterocycles. The summed E-state index contributed by atoms with van der Waals surface area (Å²) in [6.07, 6.45) is 3.19. The first kappa shape index (κ1) is 25.9. The van der Waals surface area contributed by atoms with Crippen molar-refractivity contribution in [3.05, 3.63) is 59.4 Å². The molecule has 1 aromatic heterocycles. The van der Waals surface area contributed by atoms with Crippen molar-refractivity contribution in [3.8, 4) is 17.1 Å². The number of ether oxygens (including phenoxy) is 1. The highest BCUT2D eigenvalue weighted by Gasteiger charge is 2.34. The van der Waals surface area contributed by atoms with E-state index in [9.17, 15) is 4.39 Å². The summed E-state index contributed by atoms with van der Waals surface area (Å²) < 4.78 is 37.2. The maximum Gasteiger partial charge on any atom is 0.319 e. The van der Waals surface area contributed by atoms with Gasteiger partial charge in [-0.15, -0.1) is 0 Å². The Labute approximate surface area is 237 Å². The predicted octanol–water partition coefficient (Wildman–Crippen LogP) is 6.00. The summed E-state index contributed by atoms with van der Waals surface area (Å²) in [6, 6.07) is 16.1. The lowest BCUT2D eigenvalue weighted by Crippen LogP contribution is -2.51. The molecule has 0 saturated carbocycles. The van der Waals surface area contributed by atoms with Crippen LogP contribution in [-0.4, -0.2) is 72.5 Å². The largest absolute Gasteiger partial charge is 0.460 e. The van der Waals surface area contributed by atoms with Gasteiger partial charge in [0.05, 0.1) is 5.02 Å². The lowest BCUT2D eigenvalue weighted by molar-refractivity contribution is 0.144. The highest BCUT2D eigenvalue weighted by atomic mass is 35.5. The summed E-state index contributed by atoms with van der Waals surface area (Å²) in [5.74, 6) is 0.0537. The number of alkyl halides is 1. The van der Waals surface area contributed by atoms with Crippen LogP contribution in [0, 0.1) is 5.82 Å². The number of benzene rings is 3. The molecule has 3 aliphatic rings. The smallest absolute Gasteiger partial charge is 0.319 e.